The maximum Gasteiger partial charge on any atom is 0.340 e. The van der Waals surface area contributed by atoms with Gasteiger partial charge in [0.05, 0.1) is 12.7 Å². The highest BCUT2D eigenvalue weighted by molar-refractivity contribution is 5.96. The molecule has 0 aromatic heterocycles. The van der Waals surface area contributed by atoms with Crippen molar-refractivity contribution in [3.05, 3.63) is 65.2 Å². The van der Waals surface area contributed by atoms with Crippen LogP contribution < -0.4 is 10.1 Å². The fourth-order valence-electron chi connectivity index (χ4n) is 3.64. The molecular weight excluding hydrogens is 360 g/mol. The van der Waals surface area contributed by atoms with E-state index in [2.05, 4.69) is 5.32 Å². The number of rotatable bonds is 5. The highest BCUT2D eigenvalue weighted by atomic mass is 16.6. The third kappa shape index (κ3) is 3.19. The summed E-state index contributed by atoms with van der Waals surface area (Å²) in [5.74, 6) is -0.191. The molecule has 7 heteroatoms. The van der Waals surface area contributed by atoms with E-state index in [0.29, 0.717) is 24.1 Å². The molecule has 2 aromatic carbocycles. The van der Waals surface area contributed by atoms with E-state index < -0.39 is 18.2 Å². The number of carbonyl (C=O) groups excluding carboxylic acids is 3. The number of carbonyl (C=O) groups is 3. The molecule has 0 spiro atoms. The van der Waals surface area contributed by atoms with Crippen molar-refractivity contribution in [2.45, 2.75) is 31.7 Å². The zero-order chi connectivity index (χ0) is 19.7. The SMILES string of the molecule is COc1ccc(CNC(=O)[C@H]2CCC(=O)N2[C@H]2OC(=O)c3ccccc32)cc1. The summed E-state index contributed by atoms with van der Waals surface area (Å²) in [5.41, 5.74) is 1.97. The molecule has 2 amide bonds. The minimum Gasteiger partial charge on any atom is -0.497 e. The van der Waals surface area contributed by atoms with E-state index in [-0.39, 0.29) is 18.2 Å². The number of amides is 2. The van der Waals surface area contributed by atoms with Crippen molar-refractivity contribution in [1.82, 2.24) is 10.2 Å². The number of hydrogen-bond acceptors (Lipinski definition) is 5. The predicted molar refractivity (Wildman–Crippen MR) is 99.3 cm³/mol. The minimum atomic E-state index is -0.851. The lowest BCUT2D eigenvalue weighted by Crippen LogP contribution is -2.46. The first-order valence-electron chi connectivity index (χ1n) is 9.10. The standard InChI is InChI=1S/C21H20N2O5/c1-27-14-8-6-13(7-9-14)12-22-19(25)17-10-11-18(24)23(17)20-15-4-2-3-5-16(15)21(26)28-20/h2-9,17,20H,10-12H2,1H3,(H,22,25)/t17-,20+/m1/s1. The second-order valence-corrected chi connectivity index (χ2v) is 6.77. The zero-order valence-corrected chi connectivity index (χ0v) is 15.4. The molecule has 0 aliphatic carbocycles. The number of methoxy groups -OCH3 is 1. The lowest BCUT2D eigenvalue weighted by atomic mass is 10.1. The molecule has 1 saturated heterocycles. The number of likely N-dealkylation sites (tertiary alicyclic amines) is 1. The summed E-state index contributed by atoms with van der Waals surface area (Å²) in [7, 11) is 1.59. The smallest absolute Gasteiger partial charge is 0.340 e. The number of fused-ring (bicyclic) bond motifs is 1. The average Bonchev–Trinajstić information content (AvgIpc) is 3.26. The Bertz CT molecular complexity index is 925. The quantitative estimate of drug-likeness (QED) is 0.804. The van der Waals surface area contributed by atoms with Gasteiger partial charge < -0.3 is 14.8 Å². The Morgan fingerprint density at radius 1 is 1.18 bits per heavy atom. The molecule has 0 saturated carbocycles. The lowest BCUT2D eigenvalue weighted by molar-refractivity contribution is -0.145. The molecule has 144 valence electrons. The fraction of sp³-hybridized carbons (Fsp3) is 0.286. The van der Waals surface area contributed by atoms with E-state index in [0.717, 1.165) is 11.3 Å². The Balaban J connectivity index is 1.48. The number of ether oxygens (including phenoxy) is 2. The van der Waals surface area contributed by atoms with Gasteiger partial charge in [-0.1, -0.05) is 30.3 Å². The number of hydrogen-bond donors (Lipinski definition) is 1. The Labute approximate surface area is 162 Å². The lowest BCUT2D eigenvalue weighted by Gasteiger charge is -2.29. The van der Waals surface area contributed by atoms with E-state index >= 15 is 0 Å². The summed E-state index contributed by atoms with van der Waals surface area (Å²) >= 11 is 0. The van der Waals surface area contributed by atoms with Crippen LogP contribution in [0.2, 0.25) is 0 Å². The van der Waals surface area contributed by atoms with Crippen molar-refractivity contribution in [2.24, 2.45) is 0 Å². The Morgan fingerprint density at radius 2 is 1.93 bits per heavy atom. The molecule has 2 heterocycles. The van der Waals surface area contributed by atoms with Crippen molar-refractivity contribution in [3.8, 4) is 5.75 Å². The molecule has 4 rings (SSSR count). The molecular formula is C21H20N2O5. The topological polar surface area (TPSA) is 84.9 Å². The van der Waals surface area contributed by atoms with Gasteiger partial charge >= 0.3 is 5.97 Å². The van der Waals surface area contributed by atoms with Gasteiger partial charge in [-0.15, -0.1) is 0 Å². The first-order chi connectivity index (χ1) is 13.6. The molecule has 1 N–H and O–H groups in total. The largest absolute Gasteiger partial charge is 0.497 e. The van der Waals surface area contributed by atoms with Gasteiger partial charge in [-0.25, -0.2) is 4.79 Å². The second-order valence-electron chi connectivity index (χ2n) is 6.77. The number of cyclic esters (lactones) is 1. The van der Waals surface area contributed by atoms with E-state index in [9.17, 15) is 14.4 Å². The fourth-order valence-corrected chi connectivity index (χ4v) is 3.64. The van der Waals surface area contributed by atoms with Crippen LogP contribution in [0, 0.1) is 0 Å². The number of nitrogens with one attached hydrogen (secondary N) is 1. The predicted octanol–water partition coefficient (Wildman–Crippen LogP) is 2.17. The first-order valence-corrected chi connectivity index (χ1v) is 9.10. The number of benzene rings is 2. The maximum atomic E-state index is 12.8. The molecule has 1 fully saturated rings. The van der Waals surface area contributed by atoms with Crippen LogP contribution in [-0.2, 0) is 20.9 Å². The van der Waals surface area contributed by atoms with Gasteiger partial charge in [0, 0.05) is 18.5 Å². The van der Waals surface area contributed by atoms with Crippen LogP contribution in [0.15, 0.2) is 48.5 Å². The first kappa shape index (κ1) is 18.0. The molecule has 0 unspecified atom stereocenters. The molecule has 2 aliphatic heterocycles. The summed E-state index contributed by atoms with van der Waals surface area (Å²) in [5, 5.41) is 2.87. The van der Waals surface area contributed by atoms with Crippen molar-refractivity contribution >= 4 is 17.8 Å². The summed E-state index contributed by atoms with van der Waals surface area (Å²) < 4.78 is 10.6. The molecule has 0 bridgehead atoms. The van der Waals surface area contributed by atoms with E-state index in [1.165, 1.54) is 4.90 Å². The van der Waals surface area contributed by atoms with Gasteiger partial charge in [-0.3, -0.25) is 14.5 Å². The summed E-state index contributed by atoms with van der Waals surface area (Å²) in [6.45, 7) is 0.336. The van der Waals surface area contributed by atoms with Crippen LogP contribution in [-0.4, -0.2) is 35.8 Å². The van der Waals surface area contributed by atoms with Gasteiger partial charge in [-0.05, 0) is 30.2 Å². The van der Waals surface area contributed by atoms with Crippen molar-refractivity contribution < 1.29 is 23.9 Å². The van der Waals surface area contributed by atoms with Gasteiger partial charge in [0.15, 0.2) is 0 Å². The zero-order valence-electron chi connectivity index (χ0n) is 15.4. The van der Waals surface area contributed by atoms with Gasteiger partial charge in [0.25, 0.3) is 0 Å². The summed E-state index contributed by atoms with van der Waals surface area (Å²) in [6.07, 6.45) is -0.212. The highest BCUT2D eigenvalue weighted by Crippen LogP contribution is 2.38. The second kappa shape index (κ2) is 7.34. The van der Waals surface area contributed by atoms with Crippen LogP contribution in [0.3, 0.4) is 0 Å². The number of nitrogens with zero attached hydrogens (tertiary/aromatic N) is 1. The molecule has 0 radical (unpaired) electrons. The van der Waals surface area contributed by atoms with Crippen LogP contribution in [0.4, 0.5) is 0 Å². The third-order valence-corrected chi connectivity index (χ3v) is 5.10. The van der Waals surface area contributed by atoms with Gasteiger partial charge in [0.2, 0.25) is 18.0 Å². The van der Waals surface area contributed by atoms with Gasteiger partial charge in [0.1, 0.15) is 11.8 Å². The molecule has 2 aromatic rings. The van der Waals surface area contributed by atoms with Crippen molar-refractivity contribution in [1.29, 1.82) is 0 Å². The minimum absolute atomic E-state index is 0.195. The molecule has 2 atom stereocenters. The monoisotopic (exact) mass is 380 g/mol. The van der Waals surface area contributed by atoms with Gasteiger partial charge in [-0.2, -0.15) is 0 Å². The average molecular weight is 380 g/mol. The van der Waals surface area contributed by atoms with E-state index in [1.54, 1.807) is 31.4 Å². The van der Waals surface area contributed by atoms with E-state index in [1.807, 2.05) is 24.3 Å². The highest BCUT2D eigenvalue weighted by Gasteiger charge is 2.46. The summed E-state index contributed by atoms with van der Waals surface area (Å²) in [4.78, 5) is 38.8. The third-order valence-electron chi connectivity index (χ3n) is 5.10. The maximum absolute atomic E-state index is 12.8. The van der Waals surface area contributed by atoms with Crippen molar-refractivity contribution in [2.75, 3.05) is 7.11 Å². The Hall–Kier alpha value is -3.35. The summed E-state index contributed by atoms with van der Waals surface area (Å²) in [6, 6.07) is 13.6. The van der Waals surface area contributed by atoms with Crippen molar-refractivity contribution in [3.63, 3.8) is 0 Å². The Kier molecular flexibility index (Phi) is 4.73. The molecule has 7 nitrogen and oxygen atoms in total. The van der Waals surface area contributed by atoms with Crippen LogP contribution in [0.25, 0.3) is 0 Å². The van der Waals surface area contributed by atoms with Crippen LogP contribution in [0.1, 0.15) is 40.6 Å². The molecule has 28 heavy (non-hydrogen) atoms. The normalized spacial score (nSPS) is 20.7. The van der Waals surface area contributed by atoms with E-state index in [4.69, 9.17) is 9.47 Å². The molecule has 2 aliphatic rings. The van der Waals surface area contributed by atoms with Crippen LogP contribution >= 0.6 is 0 Å². The Morgan fingerprint density at radius 3 is 2.68 bits per heavy atom. The number of esters is 1. The van der Waals surface area contributed by atoms with Crippen LogP contribution in [0.5, 0.6) is 5.75 Å².